The van der Waals surface area contributed by atoms with E-state index in [1.54, 1.807) is 6.92 Å². The summed E-state index contributed by atoms with van der Waals surface area (Å²) in [6.45, 7) is 8.47. The van der Waals surface area contributed by atoms with Crippen molar-refractivity contribution in [1.82, 2.24) is 10.3 Å². The van der Waals surface area contributed by atoms with Crippen molar-refractivity contribution >= 4 is 5.91 Å². The van der Waals surface area contributed by atoms with Crippen molar-refractivity contribution in [3.05, 3.63) is 33.7 Å². The third-order valence-electron chi connectivity index (χ3n) is 4.50. The number of aromatic amines is 1. The van der Waals surface area contributed by atoms with Crippen molar-refractivity contribution in [2.75, 3.05) is 0 Å². The lowest BCUT2D eigenvalue weighted by Crippen LogP contribution is -2.47. The number of amides is 1. The molecule has 0 radical (unpaired) electrons. The highest BCUT2D eigenvalue weighted by molar-refractivity contribution is 5.94. The SMILES string of the molecule is Cc1cc(=O)c(C(=O)NC2CCCCC2C(C)(C)C)c[nH]1. The molecule has 1 fully saturated rings. The summed E-state index contributed by atoms with van der Waals surface area (Å²) >= 11 is 0. The molecule has 1 aliphatic carbocycles. The highest BCUT2D eigenvalue weighted by atomic mass is 16.2. The van der Waals surface area contributed by atoms with Gasteiger partial charge in [0.1, 0.15) is 5.56 Å². The lowest BCUT2D eigenvalue weighted by atomic mass is 9.69. The zero-order valence-electron chi connectivity index (χ0n) is 13.5. The Bertz CT molecular complexity index is 569. The molecule has 0 bridgehead atoms. The molecule has 116 valence electrons. The van der Waals surface area contributed by atoms with E-state index in [1.807, 2.05) is 0 Å². The molecule has 0 spiro atoms. The van der Waals surface area contributed by atoms with E-state index in [0.29, 0.717) is 5.92 Å². The average molecular weight is 290 g/mol. The molecule has 0 aromatic carbocycles. The molecule has 2 unspecified atom stereocenters. The summed E-state index contributed by atoms with van der Waals surface area (Å²) in [6.07, 6.45) is 6.01. The molecule has 4 nitrogen and oxygen atoms in total. The van der Waals surface area contributed by atoms with Gasteiger partial charge in [-0.05, 0) is 31.1 Å². The number of H-pyrrole nitrogens is 1. The van der Waals surface area contributed by atoms with Gasteiger partial charge in [-0.2, -0.15) is 0 Å². The summed E-state index contributed by atoms with van der Waals surface area (Å²) in [5.74, 6) is 0.206. The Morgan fingerprint density at radius 1 is 1.29 bits per heavy atom. The maximum absolute atomic E-state index is 12.4. The minimum atomic E-state index is -0.252. The first-order valence-electron chi connectivity index (χ1n) is 7.79. The second kappa shape index (κ2) is 6.04. The number of nitrogens with one attached hydrogen (secondary N) is 2. The molecule has 1 heterocycles. The van der Waals surface area contributed by atoms with Crippen LogP contribution in [0.3, 0.4) is 0 Å². The Morgan fingerprint density at radius 3 is 2.57 bits per heavy atom. The minimum absolute atomic E-state index is 0.159. The second-order valence-electron chi connectivity index (χ2n) is 7.23. The summed E-state index contributed by atoms with van der Waals surface area (Å²) in [4.78, 5) is 27.2. The number of hydrogen-bond donors (Lipinski definition) is 2. The maximum Gasteiger partial charge on any atom is 0.256 e. The van der Waals surface area contributed by atoms with Gasteiger partial charge in [0.05, 0.1) is 0 Å². The summed E-state index contributed by atoms with van der Waals surface area (Å²) in [6, 6.07) is 1.63. The largest absolute Gasteiger partial charge is 0.364 e. The predicted molar refractivity (Wildman–Crippen MR) is 84.5 cm³/mol. The number of aromatic nitrogens is 1. The van der Waals surface area contributed by atoms with Crippen LogP contribution in [-0.4, -0.2) is 16.9 Å². The van der Waals surface area contributed by atoms with Crippen LogP contribution in [0.25, 0.3) is 0 Å². The Balaban J connectivity index is 2.15. The van der Waals surface area contributed by atoms with Crippen LogP contribution >= 0.6 is 0 Å². The van der Waals surface area contributed by atoms with E-state index < -0.39 is 0 Å². The molecule has 1 amide bonds. The number of rotatable bonds is 2. The van der Waals surface area contributed by atoms with Crippen molar-refractivity contribution in [3.63, 3.8) is 0 Å². The number of pyridine rings is 1. The predicted octanol–water partition coefficient (Wildman–Crippen LogP) is 3.02. The normalized spacial score (nSPS) is 22.9. The summed E-state index contributed by atoms with van der Waals surface area (Å²) in [5, 5.41) is 3.09. The third kappa shape index (κ3) is 3.74. The first-order valence-corrected chi connectivity index (χ1v) is 7.79. The average Bonchev–Trinajstić information content (AvgIpc) is 2.37. The molecule has 2 atom stereocenters. The van der Waals surface area contributed by atoms with Crippen molar-refractivity contribution in [1.29, 1.82) is 0 Å². The topological polar surface area (TPSA) is 62.0 Å². The zero-order chi connectivity index (χ0) is 15.6. The fourth-order valence-electron chi connectivity index (χ4n) is 3.34. The summed E-state index contributed by atoms with van der Waals surface area (Å²) in [5.41, 5.74) is 0.922. The van der Waals surface area contributed by atoms with Crippen LogP contribution in [0, 0.1) is 18.3 Å². The van der Waals surface area contributed by atoms with Gasteiger partial charge in [-0.3, -0.25) is 9.59 Å². The fourth-order valence-corrected chi connectivity index (χ4v) is 3.34. The van der Waals surface area contributed by atoms with Gasteiger partial charge in [-0.1, -0.05) is 33.6 Å². The van der Waals surface area contributed by atoms with Crippen molar-refractivity contribution in [2.24, 2.45) is 11.3 Å². The van der Waals surface area contributed by atoms with Crippen molar-refractivity contribution in [2.45, 2.75) is 59.4 Å². The molecule has 2 rings (SSSR count). The molecular formula is C17H26N2O2. The Morgan fingerprint density at radius 2 is 1.95 bits per heavy atom. The van der Waals surface area contributed by atoms with E-state index in [9.17, 15) is 9.59 Å². The highest BCUT2D eigenvalue weighted by Gasteiger charge is 2.35. The molecule has 0 saturated heterocycles. The Kier molecular flexibility index (Phi) is 4.55. The second-order valence-corrected chi connectivity index (χ2v) is 7.23. The van der Waals surface area contributed by atoms with Crippen LogP contribution in [0.2, 0.25) is 0 Å². The molecule has 4 heteroatoms. The lowest BCUT2D eigenvalue weighted by Gasteiger charge is -2.40. The summed E-state index contributed by atoms with van der Waals surface area (Å²) in [7, 11) is 0. The van der Waals surface area contributed by atoms with Gasteiger partial charge in [-0.15, -0.1) is 0 Å². The first kappa shape index (κ1) is 15.8. The van der Waals surface area contributed by atoms with E-state index in [0.717, 1.165) is 25.0 Å². The monoisotopic (exact) mass is 290 g/mol. The molecule has 1 aliphatic rings. The van der Waals surface area contributed by atoms with Crippen LogP contribution in [0.1, 0.15) is 62.5 Å². The lowest BCUT2D eigenvalue weighted by molar-refractivity contribution is 0.0828. The van der Waals surface area contributed by atoms with Gasteiger partial charge >= 0.3 is 0 Å². The van der Waals surface area contributed by atoms with E-state index in [4.69, 9.17) is 0 Å². The molecule has 21 heavy (non-hydrogen) atoms. The standard InChI is InChI=1S/C17H26N2O2/c1-11-9-15(20)12(10-18-11)16(21)19-14-8-6-5-7-13(14)17(2,3)4/h9-10,13-14H,5-8H2,1-4H3,(H,18,20)(H,19,21). The third-order valence-corrected chi connectivity index (χ3v) is 4.50. The molecule has 0 aliphatic heterocycles. The fraction of sp³-hybridized carbons (Fsp3) is 0.647. The van der Waals surface area contributed by atoms with Gasteiger partial charge in [0.15, 0.2) is 5.43 Å². The van der Waals surface area contributed by atoms with Crippen LogP contribution < -0.4 is 10.7 Å². The van der Waals surface area contributed by atoms with Crippen LogP contribution in [0.15, 0.2) is 17.1 Å². The Labute approximate surface area is 126 Å². The molecule has 1 saturated carbocycles. The number of hydrogen-bond acceptors (Lipinski definition) is 2. The van der Waals surface area contributed by atoms with E-state index >= 15 is 0 Å². The highest BCUT2D eigenvalue weighted by Crippen LogP contribution is 2.38. The molecular weight excluding hydrogens is 264 g/mol. The zero-order valence-corrected chi connectivity index (χ0v) is 13.5. The smallest absolute Gasteiger partial charge is 0.256 e. The van der Waals surface area contributed by atoms with Gasteiger partial charge in [0.2, 0.25) is 0 Å². The van der Waals surface area contributed by atoms with Crippen LogP contribution in [0.4, 0.5) is 0 Å². The first-order chi connectivity index (χ1) is 9.79. The van der Waals surface area contributed by atoms with E-state index in [2.05, 4.69) is 31.1 Å². The van der Waals surface area contributed by atoms with Crippen molar-refractivity contribution in [3.8, 4) is 0 Å². The van der Waals surface area contributed by atoms with E-state index in [-0.39, 0.29) is 28.4 Å². The number of carbonyl (C=O) groups excluding carboxylic acids is 1. The quantitative estimate of drug-likeness (QED) is 0.879. The van der Waals surface area contributed by atoms with Gasteiger partial charge < -0.3 is 10.3 Å². The molecule has 2 N–H and O–H groups in total. The van der Waals surface area contributed by atoms with Gasteiger partial charge in [0, 0.05) is 24.0 Å². The molecule has 1 aromatic rings. The van der Waals surface area contributed by atoms with Crippen LogP contribution in [-0.2, 0) is 0 Å². The van der Waals surface area contributed by atoms with Crippen LogP contribution in [0.5, 0.6) is 0 Å². The Hall–Kier alpha value is -1.58. The minimum Gasteiger partial charge on any atom is -0.364 e. The maximum atomic E-state index is 12.4. The van der Waals surface area contributed by atoms with E-state index in [1.165, 1.54) is 18.7 Å². The van der Waals surface area contributed by atoms with Crippen molar-refractivity contribution < 1.29 is 4.79 Å². The molecule has 1 aromatic heterocycles. The number of aryl methyl sites for hydroxylation is 1. The van der Waals surface area contributed by atoms with Gasteiger partial charge in [0.25, 0.3) is 5.91 Å². The van der Waals surface area contributed by atoms with Gasteiger partial charge in [-0.25, -0.2) is 0 Å². The summed E-state index contributed by atoms with van der Waals surface area (Å²) < 4.78 is 0. The number of carbonyl (C=O) groups is 1.